The summed E-state index contributed by atoms with van der Waals surface area (Å²) in [5.41, 5.74) is 6.97. The van der Waals surface area contributed by atoms with Crippen LogP contribution in [0, 0.1) is 0 Å². The number of carbonyl (C=O) groups is 1. The smallest absolute Gasteiger partial charge is 0.257 e. The summed E-state index contributed by atoms with van der Waals surface area (Å²) in [6.07, 6.45) is 0. The number of benzene rings is 2. The van der Waals surface area contributed by atoms with Crippen molar-refractivity contribution in [3.05, 3.63) is 51.5 Å². The molecule has 4 nitrogen and oxygen atoms in total. The number of phenolic OH excluding ortho intramolecular Hbond substituents is 1. The second kappa shape index (κ2) is 5.50. The van der Waals surface area contributed by atoms with Gasteiger partial charge in [-0.2, -0.15) is 0 Å². The number of nitrogen functional groups attached to an aromatic ring is 1. The van der Waals surface area contributed by atoms with Crippen molar-refractivity contribution in [1.29, 1.82) is 0 Å². The zero-order valence-corrected chi connectivity index (χ0v) is 12.0. The Morgan fingerprint density at radius 2 is 2.00 bits per heavy atom. The molecule has 0 saturated carbocycles. The number of anilines is 2. The van der Waals surface area contributed by atoms with E-state index in [4.69, 9.17) is 17.3 Å². The predicted octanol–water partition coefficient (Wildman–Crippen LogP) is 3.64. The van der Waals surface area contributed by atoms with E-state index in [9.17, 15) is 9.90 Å². The number of nitrogens with one attached hydrogen (secondary N) is 1. The van der Waals surface area contributed by atoms with Gasteiger partial charge >= 0.3 is 0 Å². The van der Waals surface area contributed by atoms with Crippen LogP contribution in [0.2, 0.25) is 5.02 Å². The SMILES string of the molecule is Nc1ccc(Br)cc1C(=O)Nc1ccc(O)c(Cl)c1. The zero-order chi connectivity index (χ0) is 14.0. The third kappa shape index (κ3) is 3.19. The van der Waals surface area contributed by atoms with Gasteiger partial charge in [0.2, 0.25) is 0 Å². The molecule has 0 aliphatic heterocycles. The molecule has 0 spiro atoms. The van der Waals surface area contributed by atoms with E-state index < -0.39 is 0 Å². The normalized spacial score (nSPS) is 10.2. The van der Waals surface area contributed by atoms with Crippen LogP contribution in [0.15, 0.2) is 40.9 Å². The van der Waals surface area contributed by atoms with Crippen molar-refractivity contribution >= 4 is 44.8 Å². The first-order valence-corrected chi connectivity index (χ1v) is 6.49. The van der Waals surface area contributed by atoms with Crippen molar-refractivity contribution < 1.29 is 9.90 Å². The van der Waals surface area contributed by atoms with Crippen molar-refractivity contribution in [2.24, 2.45) is 0 Å². The summed E-state index contributed by atoms with van der Waals surface area (Å²) < 4.78 is 0.760. The maximum Gasteiger partial charge on any atom is 0.257 e. The van der Waals surface area contributed by atoms with Gasteiger partial charge in [-0.15, -0.1) is 0 Å². The number of hydrogen-bond donors (Lipinski definition) is 3. The molecule has 0 heterocycles. The highest BCUT2D eigenvalue weighted by molar-refractivity contribution is 9.10. The number of hydrogen-bond acceptors (Lipinski definition) is 3. The van der Waals surface area contributed by atoms with E-state index in [-0.39, 0.29) is 16.7 Å². The average Bonchev–Trinajstić information content (AvgIpc) is 2.36. The average molecular weight is 342 g/mol. The number of nitrogens with two attached hydrogens (primary N) is 1. The van der Waals surface area contributed by atoms with Crippen LogP contribution in [0.1, 0.15) is 10.4 Å². The Kier molecular flexibility index (Phi) is 3.97. The Morgan fingerprint density at radius 3 is 2.68 bits per heavy atom. The second-order valence-electron chi connectivity index (χ2n) is 3.85. The fourth-order valence-corrected chi connectivity index (χ4v) is 2.05. The Hall–Kier alpha value is -1.72. The van der Waals surface area contributed by atoms with Crippen LogP contribution in [-0.4, -0.2) is 11.0 Å². The molecule has 0 saturated heterocycles. The van der Waals surface area contributed by atoms with Gasteiger partial charge in [0, 0.05) is 15.8 Å². The summed E-state index contributed by atoms with van der Waals surface area (Å²) in [5, 5.41) is 12.1. The minimum absolute atomic E-state index is 0.0402. The van der Waals surface area contributed by atoms with Gasteiger partial charge in [0.25, 0.3) is 5.91 Å². The number of rotatable bonds is 2. The fourth-order valence-electron chi connectivity index (χ4n) is 1.51. The van der Waals surface area contributed by atoms with E-state index in [0.717, 1.165) is 4.47 Å². The molecule has 0 aliphatic carbocycles. The molecule has 6 heteroatoms. The fraction of sp³-hybridized carbons (Fsp3) is 0. The van der Waals surface area contributed by atoms with Crippen LogP contribution < -0.4 is 11.1 Å². The highest BCUT2D eigenvalue weighted by Crippen LogP contribution is 2.27. The van der Waals surface area contributed by atoms with Gasteiger partial charge in [-0.05, 0) is 36.4 Å². The standard InChI is InChI=1S/C13H10BrClN2O2/c14-7-1-3-11(16)9(5-7)13(19)17-8-2-4-12(18)10(15)6-8/h1-6,18H,16H2,(H,17,19). The van der Waals surface area contributed by atoms with Crippen molar-refractivity contribution in [2.45, 2.75) is 0 Å². The predicted molar refractivity (Wildman–Crippen MR) is 79.6 cm³/mol. The van der Waals surface area contributed by atoms with Crippen LogP contribution in [0.25, 0.3) is 0 Å². The number of phenols is 1. The maximum atomic E-state index is 12.1. The molecule has 2 aromatic carbocycles. The summed E-state index contributed by atoms with van der Waals surface area (Å²) in [5.74, 6) is -0.387. The minimum Gasteiger partial charge on any atom is -0.506 e. The molecule has 0 aromatic heterocycles. The number of carbonyl (C=O) groups excluding carboxylic acids is 1. The third-order valence-corrected chi connectivity index (χ3v) is 3.26. The summed E-state index contributed by atoms with van der Waals surface area (Å²) in [4.78, 5) is 12.1. The molecule has 0 fully saturated rings. The molecular formula is C13H10BrClN2O2. The molecular weight excluding hydrogens is 332 g/mol. The molecule has 0 radical (unpaired) electrons. The minimum atomic E-state index is -0.347. The molecule has 2 aromatic rings. The Balaban J connectivity index is 2.25. The first kappa shape index (κ1) is 13.7. The lowest BCUT2D eigenvalue weighted by Crippen LogP contribution is -2.14. The van der Waals surface area contributed by atoms with Gasteiger partial charge in [0.05, 0.1) is 10.6 Å². The number of amides is 1. The van der Waals surface area contributed by atoms with Gasteiger partial charge in [0.1, 0.15) is 5.75 Å². The molecule has 2 rings (SSSR count). The molecule has 0 bridgehead atoms. The summed E-state index contributed by atoms with van der Waals surface area (Å²) in [7, 11) is 0. The second-order valence-corrected chi connectivity index (χ2v) is 5.17. The zero-order valence-electron chi connectivity index (χ0n) is 9.65. The molecule has 1 amide bonds. The Bertz CT molecular complexity index is 647. The Morgan fingerprint density at radius 1 is 1.26 bits per heavy atom. The summed E-state index contributed by atoms with van der Waals surface area (Å²) in [6.45, 7) is 0. The lowest BCUT2D eigenvalue weighted by molar-refractivity contribution is 0.102. The molecule has 19 heavy (non-hydrogen) atoms. The van der Waals surface area contributed by atoms with Gasteiger partial charge < -0.3 is 16.2 Å². The van der Waals surface area contributed by atoms with Crippen LogP contribution in [0.3, 0.4) is 0 Å². The molecule has 0 unspecified atom stereocenters. The highest BCUT2D eigenvalue weighted by Gasteiger charge is 2.11. The lowest BCUT2D eigenvalue weighted by Gasteiger charge is -2.08. The quantitative estimate of drug-likeness (QED) is 0.576. The van der Waals surface area contributed by atoms with Gasteiger partial charge in [-0.25, -0.2) is 0 Å². The summed E-state index contributed by atoms with van der Waals surface area (Å²) >= 11 is 9.05. The van der Waals surface area contributed by atoms with Crippen LogP contribution in [0.4, 0.5) is 11.4 Å². The van der Waals surface area contributed by atoms with Gasteiger partial charge in [-0.3, -0.25) is 4.79 Å². The van der Waals surface area contributed by atoms with Crippen LogP contribution in [0.5, 0.6) is 5.75 Å². The third-order valence-electron chi connectivity index (χ3n) is 2.47. The van der Waals surface area contributed by atoms with Crippen LogP contribution >= 0.6 is 27.5 Å². The van der Waals surface area contributed by atoms with Gasteiger partial charge in [-0.1, -0.05) is 27.5 Å². The Labute approximate surface area is 123 Å². The highest BCUT2D eigenvalue weighted by atomic mass is 79.9. The summed E-state index contributed by atoms with van der Waals surface area (Å²) in [6, 6.07) is 9.44. The topological polar surface area (TPSA) is 75.4 Å². The van der Waals surface area contributed by atoms with E-state index in [0.29, 0.717) is 16.9 Å². The van der Waals surface area contributed by atoms with Crippen molar-refractivity contribution in [3.63, 3.8) is 0 Å². The van der Waals surface area contributed by atoms with E-state index in [1.165, 1.54) is 12.1 Å². The number of aromatic hydroxyl groups is 1. The molecule has 0 atom stereocenters. The van der Waals surface area contributed by atoms with Gasteiger partial charge in [0.15, 0.2) is 0 Å². The number of halogens is 2. The molecule has 98 valence electrons. The van der Waals surface area contributed by atoms with E-state index in [2.05, 4.69) is 21.2 Å². The van der Waals surface area contributed by atoms with Crippen molar-refractivity contribution in [3.8, 4) is 5.75 Å². The maximum absolute atomic E-state index is 12.1. The van der Waals surface area contributed by atoms with E-state index >= 15 is 0 Å². The van der Waals surface area contributed by atoms with Crippen molar-refractivity contribution in [2.75, 3.05) is 11.1 Å². The van der Waals surface area contributed by atoms with E-state index in [1.807, 2.05) is 0 Å². The van der Waals surface area contributed by atoms with Crippen molar-refractivity contribution in [1.82, 2.24) is 0 Å². The molecule has 0 aliphatic rings. The van der Waals surface area contributed by atoms with E-state index in [1.54, 1.807) is 24.3 Å². The first-order valence-electron chi connectivity index (χ1n) is 5.32. The molecule has 4 N–H and O–H groups in total. The largest absolute Gasteiger partial charge is 0.506 e. The first-order chi connectivity index (χ1) is 8.97. The lowest BCUT2D eigenvalue weighted by atomic mass is 10.1. The van der Waals surface area contributed by atoms with Crippen LogP contribution in [-0.2, 0) is 0 Å². The monoisotopic (exact) mass is 340 g/mol.